The van der Waals surface area contributed by atoms with E-state index in [0.717, 1.165) is 11.3 Å². The van der Waals surface area contributed by atoms with Crippen LogP contribution in [0.4, 0.5) is 0 Å². The molecule has 0 heterocycles. The van der Waals surface area contributed by atoms with Gasteiger partial charge in [-0.3, -0.25) is 4.79 Å². The average molecular weight is 273 g/mol. The lowest BCUT2D eigenvalue weighted by atomic mass is 10.2. The summed E-state index contributed by atoms with van der Waals surface area (Å²) in [6.45, 7) is 0.489. The molecule has 0 aliphatic heterocycles. The maximum Gasteiger partial charge on any atom is 0.237 e. The molecule has 3 N–H and O–H groups in total. The van der Waals surface area contributed by atoms with Gasteiger partial charge in [0.2, 0.25) is 5.91 Å². The molecule has 17 heavy (non-hydrogen) atoms. The second-order valence-corrected chi connectivity index (χ2v) is 5.15. The van der Waals surface area contributed by atoms with E-state index in [1.807, 2.05) is 18.4 Å². The van der Waals surface area contributed by atoms with Gasteiger partial charge >= 0.3 is 0 Å². The van der Waals surface area contributed by atoms with Crippen LogP contribution in [0.15, 0.2) is 24.3 Å². The topological polar surface area (TPSA) is 55.1 Å². The molecule has 1 atom stereocenters. The third-order valence-corrected chi connectivity index (χ3v) is 3.25. The van der Waals surface area contributed by atoms with Crippen LogP contribution in [-0.4, -0.2) is 24.0 Å². The number of amides is 1. The summed E-state index contributed by atoms with van der Waals surface area (Å²) in [6, 6.07) is 6.95. The van der Waals surface area contributed by atoms with E-state index < -0.39 is 6.04 Å². The number of benzene rings is 1. The molecule has 0 saturated heterocycles. The van der Waals surface area contributed by atoms with Crippen LogP contribution in [0, 0.1) is 0 Å². The van der Waals surface area contributed by atoms with Gasteiger partial charge in [0.05, 0.1) is 6.04 Å². The molecule has 0 bridgehead atoms. The zero-order valence-electron chi connectivity index (χ0n) is 9.78. The summed E-state index contributed by atoms with van der Waals surface area (Å²) in [5.41, 5.74) is 6.76. The molecule has 0 aliphatic rings. The largest absolute Gasteiger partial charge is 0.351 e. The standard InChI is InChI=1S/C12H17ClN2OS/c1-17-7-6-11(14)12(16)15-8-9-2-4-10(13)5-3-9/h2-5,11H,6-8,14H2,1H3,(H,15,16)/t11-/m0/s1. The lowest BCUT2D eigenvalue weighted by Gasteiger charge is -2.11. The summed E-state index contributed by atoms with van der Waals surface area (Å²) in [5.74, 6) is 0.796. The first-order valence-electron chi connectivity index (χ1n) is 5.40. The highest BCUT2D eigenvalue weighted by Crippen LogP contribution is 2.09. The quantitative estimate of drug-likeness (QED) is 0.833. The van der Waals surface area contributed by atoms with E-state index >= 15 is 0 Å². The lowest BCUT2D eigenvalue weighted by Crippen LogP contribution is -2.40. The number of nitrogens with one attached hydrogen (secondary N) is 1. The second kappa shape index (κ2) is 7.58. The van der Waals surface area contributed by atoms with Gasteiger partial charge in [0.15, 0.2) is 0 Å². The molecule has 1 aromatic rings. The van der Waals surface area contributed by atoms with Crippen molar-refractivity contribution in [2.24, 2.45) is 5.73 Å². The summed E-state index contributed by atoms with van der Waals surface area (Å²) in [5, 5.41) is 3.50. The van der Waals surface area contributed by atoms with Gasteiger partial charge in [0.1, 0.15) is 0 Å². The highest BCUT2D eigenvalue weighted by atomic mass is 35.5. The molecule has 1 rings (SSSR count). The molecular formula is C12H17ClN2OS. The van der Waals surface area contributed by atoms with E-state index in [1.165, 1.54) is 0 Å². The number of hydrogen-bond acceptors (Lipinski definition) is 3. The highest BCUT2D eigenvalue weighted by molar-refractivity contribution is 7.98. The summed E-state index contributed by atoms with van der Waals surface area (Å²) in [4.78, 5) is 11.6. The molecular weight excluding hydrogens is 256 g/mol. The first-order chi connectivity index (χ1) is 8.13. The molecule has 0 aromatic heterocycles. The van der Waals surface area contributed by atoms with Crippen molar-refractivity contribution >= 4 is 29.3 Å². The van der Waals surface area contributed by atoms with Crippen molar-refractivity contribution in [3.8, 4) is 0 Å². The van der Waals surface area contributed by atoms with Crippen molar-refractivity contribution in [2.75, 3.05) is 12.0 Å². The fraction of sp³-hybridized carbons (Fsp3) is 0.417. The second-order valence-electron chi connectivity index (χ2n) is 3.73. The fourth-order valence-corrected chi connectivity index (χ4v) is 1.91. The van der Waals surface area contributed by atoms with Crippen LogP contribution < -0.4 is 11.1 Å². The molecule has 5 heteroatoms. The molecule has 0 fully saturated rings. The summed E-state index contributed by atoms with van der Waals surface area (Å²) < 4.78 is 0. The number of rotatable bonds is 6. The Hall–Kier alpha value is -0.710. The Morgan fingerprint density at radius 2 is 2.12 bits per heavy atom. The van der Waals surface area contributed by atoms with Gasteiger partial charge in [-0.05, 0) is 36.1 Å². The van der Waals surface area contributed by atoms with Crippen LogP contribution in [0.25, 0.3) is 0 Å². The van der Waals surface area contributed by atoms with Gasteiger partial charge in [-0.25, -0.2) is 0 Å². The van der Waals surface area contributed by atoms with Crippen LogP contribution in [-0.2, 0) is 11.3 Å². The minimum Gasteiger partial charge on any atom is -0.351 e. The molecule has 0 radical (unpaired) electrons. The van der Waals surface area contributed by atoms with Gasteiger partial charge in [-0.1, -0.05) is 23.7 Å². The average Bonchev–Trinajstić information content (AvgIpc) is 2.34. The van der Waals surface area contributed by atoms with E-state index in [1.54, 1.807) is 23.9 Å². The van der Waals surface area contributed by atoms with Crippen LogP contribution in [0.3, 0.4) is 0 Å². The van der Waals surface area contributed by atoms with E-state index in [0.29, 0.717) is 18.0 Å². The van der Waals surface area contributed by atoms with Crippen LogP contribution in [0.5, 0.6) is 0 Å². The van der Waals surface area contributed by atoms with E-state index in [9.17, 15) is 4.79 Å². The highest BCUT2D eigenvalue weighted by Gasteiger charge is 2.11. The summed E-state index contributed by atoms with van der Waals surface area (Å²) >= 11 is 7.46. The van der Waals surface area contributed by atoms with E-state index in [4.69, 9.17) is 17.3 Å². The minimum absolute atomic E-state index is 0.103. The minimum atomic E-state index is -0.422. The van der Waals surface area contributed by atoms with Crippen molar-refractivity contribution in [1.29, 1.82) is 0 Å². The number of nitrogens with two attached hydrogens (primary N) is 1. The molecule has 1 aromatic carbocycles. The van der Waals surface area contributed by atoms with Gasteiger partial charge in [0.25, 0.3) is 0 Å². The first kappa shape index (κ1) is 14.4. The molecule has 0 saturated carbocycles. The predicted molar refractivity (Wildman–Crippen MR) is 74.3 cm³/mol. The van der Waals surface area contributed by atoms with Gasteiger partial charge < -0.3 is 11.1 Å². The number of thioether (sulfide) groups is 1. The van der Waals surface area contributed by atoms with E-state index in [-0.39, 0.29) is 5.91 Å². The van der Waals surface area contributed by atoms with Gasteiger partial charge in [0, 0.05) is 11.6 Å². The molecule has 0 aliphatic carbocycles. The van der Waals surface area contributed by atoms with Crippen LogP contribution in [0.2, 0.25) is 5.02 Å². The zero-order chi connectivity index (χ0) is 12.7. The molecule has 0 spiro atoms. The third-order valence-electron chi connectivity index (χ3n) is 2.35. The van der Waals surface area contributed by atoms with Gasteiger partial charge in [-0.15, -0.1) is 0 Å². The Balaban J connectivity index is 2.34. The first-order valence-corrected chi connectivity index (χ1v) is 7.17. The van der Waals surface area contributed by atoms with Crippen LogP contribution >= 0.6 is 23.4 Å². The molecule has 1 amide bonds. The maximum absolute atomic E-state index is 11.6. The Kier molecular flexibility index (Phi) is 6.40. The molecule has 3 nitrogen and oxygen atoms in total. The summed E-state index contributed by atoms with van der Waals surface area (Å²) in [6.07, 6.45) is 2.70. The van der Waals surface area contributed by atoms with Crippen molar-refractivity contribution in [3.05, 3.63) is 34.9 Å². The molecule has 0 unspecified atom stereocenters. The Bertz CT molecular complexity index is 356. The fourth-order valence-electron chi connectivity index (χ4n) is 1.30. The molecule has 94 valence electrons. The maximum atomic E-state index is 11.6. The van der Waals surface area contributed by atoms with Gasteiger partial charge in [-0.2, -0.15) is 11.8 Å². The smallest absolute Gasteiger partial charge is 0.237 e. The normalized spacial score (nSPS) is 12.2. The monoisotopic (exact) mass is 272 g/mol. The predicted octanol–water partition coefficient (Wildman–Crippen LogP) is 2.04. The Morgan fingerprint density at radius 3 is 2.71 bits per heavy atom. The summed E-state index contributed by atoms with van der Waals surface area (Å²) in [7, 11) is 0. The third kappa shape index (κ3) is 5.44. The van der Waals surface area contributed by atoms with Crippen molar-refractivity contribution < 1.29 is 4.79 Å². The SMILES string of the molecule is CSCC[C@H](N)C(=O)NCc1ccc(Cl)cc1. The zero-order valence-corrected chi connectivity index (χ0v) is 11.4. The van der Waals surface area contributed by atoms with Crippen molar-refractivity contribution in [2.45, 2.75) is 19.0 Å². The number of halogens is 1. The lowest BCUT2D eigenvalue weighted by molar-refractivity contribution is -0.122. The Labute approximate surface area is 111 Å². The van der Waals surface area contributed by atoms with Crippen LogP contribution in [0.1, 0.15) is 12.0 Å². The number of carbonyl (C=O) groups excluding carboxylic acids is 1. The van der Waals surface area contributed by atoms with E-state index in [2.05, 4.69) is 5.32 Å². The Morgan fingerprint density at radius 1 is 1.47 bits per heavy atom. The number of carbonyl (C=O) groups is 1. The number of hydrogen-bond donors (Lipinski definition) is 2. The van der Waals surface area contributed by atoms with Crippen molar-refractivity contribution in [3.63, 3.8) is 0 Å². The van der Waals surface area contributed by atoms with Crippen molar-refractivity contribution in [1.82, 2.24) is 5.32 Å².